The third-order valence-electron chi connectivity index (χ3n) is 5.47. The summed E-state index contributed by atoms with van der Waals surface area (Å²) in [6, 6.07) is 13.2. The van der Waals surface area contributed by atoms with E-state index in [-0.39, 0.29) is 5.91 Å². The van der Waals surface area contributed by atoms with Gasteiger partial charge >= 0.3 is 0 Å². The van der Waals surface area contributed by atoms with E-state index >= 15 is 0 Å². The summed E-state index contributed by atoms with van der Waals surface area (Å²) in [5.74, 6) is 1.64. The number of hydrogen-bond donors (Lipinski definition) is 2. The first kappa shape index (κ1) is 22.1. The summed E-state index contributed by atoms with van der Waals surface area (Å²) in [6.07, 6.45) is 3.27. The monoisotopic (exact) mass is 449 g/mol. The van der Waals surface area contributed by atoms with Crippen molar-refractivity contribution in [3.05, 3.63) is 59.8 Å². The molecule has 0 aliphatic carbocycles. The Balaban J connectivity index is 1.44. The zero-order chi connectivity index (χ0) is 22.5. The SMILES string of the molecule is Cc1nc(N2CCN(C)CC2)nc2ccc(NC(=O)/C=C/c3ccc(OCS)cc3)cc12. The Labute approximate surface area is 193 Å². The quantitative estimate of drug-likeness (QED) is 0.340. The van der Waals surface area contributed by atoms with Crippen LogP contribution < -0.4 is 15.0 Å². The van der Waals surface area contributed by atoms with Crippen molar-refractivity contribution >= 4 is 47.2 Å². The Morgan fingerprint density at radius 1 is 1.12 bits per heavy atom. The summed E-state index contributed by atoms with van der Waals surface area (Å²) in [6.45, 7) is 5.84. The van der Waals surface area contributed by atoms with Gasteiger partial charge in [-0.25, -0.2) is 9.97 Å². The second-order valence-electron chi connectivity index (χ2n) is 7.80. The van der Waals surface area contributed by atoms with Gasteiger partial charge in [-0.3, -0.25) is 4.79 Å². The average molecular weight is 450 g/mol. The van der Waals surface area contributed by atoms with Crippen molar-refractivity contribution in [1.82, 2.24) is 14.9 Å². The van der Waals surface area contributed by atoms with Gasteiger partial charge in [0.1, 0.15) is 11.7 Å². The van der Waals surface area contributed by atoms with Gasteiger partial charge in [0.05, 0.1) is 11.2 Å². The van der Waals surface area contributed by atoms with Gasteiger partial charge in [-0.05, 0) is 55.9 Å². The number of carbonyl (C=O) groups excluding carboxylic acids is 1. The highest BCUT2D eigenvalue weighted by atomic mass is 32.1. The van der Waals surface area contributed by atoms with Crippen LogP contribution in [0.1, 0.15) is 11.3 Å². The van der Waals surface area contributed by atoms with E-state index in [4.69, 9.17) is 14.7 Å². The molecule has 166 valence electrons. The number of nitrogens with zero attached hydrogens (tertiary/aromatic N) is 4. The molecule has 0 unspecified atom stereocenters. The number of nitrogens with one attached hydrogen (secondary N) is 1. The average Bonchev–Trinajstić information content (AvgIpc) is 2.79. The van der Waals surface area contributed by atoms with Crippen LogP contribution >= 0.6 is 12.6 Å². The predicted octanol–water partition coefficient (Wildman–Crippen LogP) is 3.61. The van der Waals surface area contributed by atoms with E-state index in [1.807, 2.05) is 49.4 Å². The second kappa shape index (κ2) is 10.0. The molecule has 8 heteroatoms. The predicted molar refractivity (Wildman–Crippen MR) is 133 cm³/mol. The molecule has 1 amide bonds. The molecule has 7 nitrogen and oxygen atoms in total. The highest BCUT2D eigenvalue weighted by molar-refractivity contribution is 7.80. The number of anilines is 2. The first-order valence-corrected chi connectivity index (χ1v) is 11.2. The van der Waals surface area contributed by atoms with Crippen molar-refractivity contribution < 1.29 is 9.53 Å². The smallest absolute Gasteiger partial charge is 0.248 e. The number of carbonyl (C=O) groups is 1. The number of rotatable bonds is 6. The van der Waals surface area contributed by atoms with Gasteiger partial charge < -0.3 is 19.9 Å². The van der Waals surface area contributed by atoms with Crippen LogP contribution in [0.5, 0.6) is 5.75 Å². The summed E-state index contributed by atoms with van der Waals surface area (Å²) in [5.41, 5.74) is 3.40. The summed E-state index contributed by atoms with van der Waals surface area (Å²) >= 11 is 4.03. The summed E-state index contributed by atoms with van der Waals surface area (Å²) in [5, 5.41) is 3.85. The van der Waals surface area contributed by atoms with Gasteiger partial charge in [-0.2, -0.15) is 0 Å². The standard InChI is InChI=1S/C24H27N5O2S/c1-17-21-15-19(26-23(30)10-5-18-3-7-20(8-4-18)31-16-32)6-9-22(21)27-24(25-17)29-13-11-28(2)12-14-29/h3-10,15,32H,11-14,16H2,1-2H3,(H,26,30)/b10-5+. The van der Waals surface area contributed by atoms with Crippen LogP contribution in [-0.4, -0.2) is 59.9 Å². The highest BCUT2D eigenvalue weighted by Crippen LogP contribution is 2.23. The maximum absolute atomic E-state index is 12.4. The Hall–Kier alpha value is -3.10. The Kier molecular flexibility index (Phi) is 6.92. The molecule has 1 aliphatic heterocycles. The zero-order valence-corrected chi connectivity index (χ0v) is 19.2. The lowest BCUT2D eigenvalue weighted by molar-refractivity contribution is -0.111. The molecule has 0 saturated carbocycles. The van der Waals surface area contributed by atoms with Crippen molar-refractivity contribution in [2.24, 2.45) is 0 Å². The van der Waals surface area contributed by atoms with Gasteiger partial charge in [0.25, 0.3) is 0 Å². The van der Waals surface area contributed by atoms with Crippen LogP contribution in [0.15, 0.2) is 48.5 Å². The Morgan fingerprint density at radius 3 is 2.59 bits per heavy atom. The molecule has 1 saturated heterocycles. The zero-order valence-electron chi connectivity index (χ0n) is 18.3. The number of aryl methyl sites for hydroxylation is 1. The molecule has 0 radical (unpaired) electrons. The van der Waals surface area contributed by atoms with Crippen LogP contribution in [0.2, 0.25) is 0 Å². The first-order valence-electron chi connectivity index (χ1n) is 10.6. The lowest BCUT2D eigenvalue weighted by atomic mass is 10.1. The maximum Gasteiger partial charge on any atom is 0.248 e. The number of hydrogen-bond acceptors (Lipinski definition) is 7. The number of aromatic nitrogens is 2. The van der Waals surface area contributed by atoms with Crippen LogP contribution in [0, 0.1) is 6.92 Å². The molecule has 0 spiro atoms. The van der Waals surface area contributed by atoms with Crippen molar-refractivity contribution in [2.75, 3.05) is 49.4 Å². The highest BCUT2D eigenvalue weighted by Gasteiger charge is 2.17. The minimum atomic E-state index is -0.201. The number of likely N-dealkylation sites (N-methyl/N-ethyl adjacent to an activating group) is 1. The van der Waals surface area contributed by atoms with Gasteiger partial charge in [0.2, 0.25) is 11.9 Å². The van der Waals surface area contributed by atoms with Crippen LogP contribution in [0.4, 0.5) is 11.6 Å². The number of fused-ring (bicyclic) bond motifs is 1. The van der Waals surface area contributed by atoms with Crippen molar-refractivity contribution in [3.8, 4) is 5.75 Å². The minimum absolute atomic E-state index is 0.201. The fourth-order valence-electron chi connectivity index (χ4n) is 3.60. The van der Waals surface area contributed by atoms with Gasteiger partial charge in [0, 0.05) is 43.3 Å². The number of amides is 1. The molecular weight excluding hydrogens is 422 g/mol. The normalized spacial score (nSPS) is 14.8. The van der Waals surface area contributed by atoms with Crippen molar-refractivity contribution in [2.45, 2.75) is 6.92 Å². The molecule has 1 aromatic heterocycles. The number of thiol groups is 1. The lowest BCUT2D eigenvalue weighted by Gasteiger charge is -2.32. The molecule has 1 aliphatic rings. The van der Waals surface area contributed by atoms with Crippen LogP contribution in [-0.2, 0) is 4.79 Å². The van der Waals surface area contributed by atoms with E-state index in [0.29, 0.717) is 11.6 Å². The van der Waals surface area contributed by atoms with E-state index in [0.717, 1.165) is 60.0 Å². The molecular formula is C24H27N5O2S. The van der Waals surface area contributed by atoms with E-state index in [1.54, 1.807) is 6.08 Å². The molecule has 1 fully saturated rings. The molecule has 32 heavy (non-hydrogen) atoms. The van der Waals surface area contributed by atoms with Crippen molar-refractivity contribution in [3.63, 3.8) is 0 Å². The molecule has 2 heterocycles. The van der Waals surface area contributed by atoms with Gasteiger partial charge in [0.15, 0.2) is 0 Å². The van der Waals surface area contributed by atoms with E-state index in [2.05, 4.69) is 34.8 Å². The minimum Gasteiger partial charge on any atom is -0.483 e. The van der Waals surface area contributed by atoms with E-state index < -0.39 is 0 Å². The third kappa shape index (κ3) is 5.38. The molecule has 3 aromatic rings. The number of ether oxygens (including phenoxy) is 1. The largest absolute Gasteiger partial charge is 0.483 e. The summed E-state index contributed by atoms with van der Waals surface area (Å²) in [7, 11) is 2.13. The molecule has 0 bridgehead atoms. The maximum atomic E-state index is 12.4. The van der Waals surface area contributed by atoms with Gasteiger partial charge in [-0.1, -0.05) is 12.1 Å². The van der Waals surface area contributed by atoms with E-state index in [9.17, 15) is 4.79 Å². The van der Waals surface area contributed by atoms with Crippen molar-refractivity contribution in [1.29, 1.82) is 0 Å². The third-order valence-corrected chi connectivity index (χ3v) is 5.60. The fourth-order valence-corrected chi connectivity index (χ4v) is 3.75. The van der Waals surface area contributed by atoms with Gasteiger partial charge in [-0.15, -0.1) is 12.6 Å². The molecule has 0 atom stereocenters. The lowest BCUT2D eigenvalue weighted by Crippen LogP contribution is -2.45. The second-order valence-corrected chi connectivity index (χ2v) is 8.05. The van der Waals surface area contributed by atoms with Crippen LogP contribution in [0.25, 0.3) is 17.0 Å². The molecule has 4 rings (SSSR count). The fraction of sp³-hybridized carbons (Fsp3) is 0.292. The number of benzene rings is 2. The topological polar surface area (TPSA) is 70.6 Å². The Bertz CT molecular complexity index is 1130. The number of piperazine rings is 1. The summed E-state index contributed by atoms with van der Waals surface area (Å²) < 4.78 is 5.30. The first-order chi connectivity index (χ1) is 15.5. The summed E-state index contributed by atoms with van der Waals surface area (Å²) in [4.78, 5) is 26.4. The van der Waals surface area contributed by atoms with Crippen LogP contribution in [0.3, 0.4) is 0 Å². The molecule has 2 aromatic carbocycles. The molecule has 1 N–H and O–H groups in total. The van der Waals surface area contributed by atoms with E-state index in [1.165, 1.54) is 6.08 Å². The Morgan fingerprint density at radius 2 is 1.88 bits per heavy atom.